The van der Waals surface area contributed by atoms with Gasteiger partial charge in [-0.3, -0.25) is 0 Å². The first-order valence-electron chi connectivity index (χ1n) is 13.3. The molecule has 2 aromatic rings. The smallest absolute Gasteiger partial charge is 0.270 e. The average Bonchev–Trinajstić information content (AvgIpc) is 3.39. The number of nitrogens with zero attached hydrogens (tertiary/aromatic N) is 8. The molecule has 0 amide bonds. The zero-order chi connectivity index (χ0) is 27.8. The third-order valence-electron chi connectivity index (χ3n) is 6.63. The summed E-state index contributed by atoms with van der Waals surface area (Å²) >= 11 is 0. The van der Waals surface area contributed by atoms with Crippen molar-refractivity contribution in [2.75, 3.05) is 60.6 Å². The molecule has 0 radical (unpaired) electrons. The van der Waals surface area contributed by atoms with E-state index in [1.54, 1.807) is 16.8 Å². The molecule has 2 aliphatic heterocycles. The van der Waals surface area contributed by atoms with Crippen molar-refractivity contribution < 1.29 is 14.3 Å². The number of hydrogen-bond donors (Lipinski definition) is 0. The Kier molecular flexibility index (Phi) is 9.61. The lowest BCUT2D eigenvalue weighted by molar-refractivity contribution is -0.108. The van der Waals surface area contributed by atoms with Crippen LogP contribution in [0.5, 0.6) is 5.88 Å². The molecule has 0 N–H and O–H groups in total. The molecule has 0 bridgehead atoms. The SMILES string of the molecule is C=C1/N=C(/C(CC=O)CCN(C)C)N(CC)/N=C(n2cc(-c3ccccc3)c(OC)n2)\N=C/1N1CCOCC1. The Morgan fingerprint density at radius 3 is 2.56 bits per heavy atom. The summed E-state index contributed by atoms with van der Waals surface area (Å²) in [6.07, 6.45) is 3.90. The summed E-state index contributed by atoms with van der Waals surface area (Å²) in [6.45, 7) is 10.1. The van der Waals surface area contributed by atoms with Crippen molar-refractivity contribution in [1.82, 2.24) is 24.6 Å². The number of rotatable bonds is 9. The molecule has 1 aromatic heterocycles. The fraction of sp³-hybridized carbons (Fsp3) is 0.464. The number of amidine groups is 2. The molecule has 3 heterocycles. The maximum absolute atomic E-state index is 11.7. The molecule has 2 aliphatic rings. The van der Waals surface area contributed by atoms with Gasteiger partial charge in [0.1, 0.15) is 17.8 Å². The van der Waals surface area contributed by atoms with Gasteiger partial charge < -0.3 is 24.1 Å². The number of carbonyl (C=O) groups excluding carboxylic acids is 1. The minimum atomic E-state index is -0.136. The second kappa shape index (κ2) is 13.3. The van der Waals surface area contributed by atoms with E-state index >= 15 is 0 Å². The van der Waals surface area contributed by atoms with Gasteiger partial charge in [-0.25, -0.2) is 14.7 Å². The minimum absolute atomic E-state index is 0.136. The number of aliphatic imine (C=N–C) groups is 2. The molecule has 4 rings (SSSR count). The molecule has 1 saturated heterocycles. The fourth-order valence-electron chi connectivity index (χ4n) is 4.56. The summed E-state index contributed by atoms with van der Waals surface area (Å²) in [5, 5.41) is 11.4. The zero-order valence-electron chi connectivity index (χ0n) is 23.3. The van der Waals surface area contributed by atoms with Gasteiger partial charge in [0, 0.05) is 38.2 Å². The average molecular weight is 535 g/mol. The van der Waals surface area contributed by atoms with Gasteiger partial charge in [-0.2, -0.15) is 4.99 Å². The Balaban J connectivity index is 1.85. The summed E-state index contributed by atoms with van der Waals surface area (Å²) in [5.74, 6) is 1.98. The van der Waals surface area contributed by atoms with E-state index in [0.717, 1.165) is 30.4 Å². The third kappa shape index (κ3) is 6.79. The van der Waals surface area contributed by atoms with Crippen LogP contribution in [-0.4, -0.2) is 109 Å². The molecule has 208 valence electrons. The number of ether oxygens (including phenoxy) is 2. The van der Waals surface area contributed by atoms with Crippen molar-refractivity contribution in [3.05, 3.63) is 48.8 Å². The van der Waals surface area contributed by atoms with Crippen LogP contribution in [0.2, 0.25) is 0 Å². The molecule has 0 aliphatic carbocycles. The standard InChI is InChI=1S/C28H38N8O3/c1-6-35-26(23(13-17-37)12-14-33(3)4)29-21(2)25(34-15-18-39-19-16-34)30-28(32-35)36-20-24(27(31-36)38-5)22-10-8-7-9-11-22/h7-11,17,20,23H,2,6,12-16,18-19H2,1,3-5H3/b29-26-,30-25+,32-28+. The fourth-order valence-corrected chi connectivity index (χ4v) is 4.56. The predicted octanol–water partition coefficient (Wildman–Crippen LogP) is 2.81. The molecule has 0 saturated carbocycles. The van der Waals surface area contributed by atoms with Crippen molar-refractivity contribution in [3.63, 3.8) is 0 Å². The van der Waals surface area contributed by atoms with Crippen LogP contribution in [0.4, 0.5) is 0 Å². The van der Waals surface area contributed by atoms with Crippen LogP contribution in [0.1, 0.15) is 19.8 Å². The molecule has 11 heteroatoms. The number of morpholine rings is 1. The summed E-state index contributed by atoms with van der Waals surface area (Å²) in [7, 11) is 5.63. The molecule has 1 unspecified atom stereocenters. The molecular formula is C28H38N8O3. The highest BCUT2D eigenvalue weighted by molar-refractivity contribution is 6.08. The first kappa shape index (κ1) is 28.2. The highest BCUT2D eigenvalue weighted by Crippen LogP contribution is 2.29. The number of hydrogen-bond acceptors (Lipinski definition) is 10. The van der Waals surface area contributed by atoms with E-state index in [0.29, 0.717) is 68.5 Å². The van der Waals surface area contributed by atoms with Crippen LogP contribution in [-0.2, 0) is 9.53 Å². The largest absolute Gasteiger partial charge is 0.479 e. The van der Waals surface area contributed by atoms with Gasteiger partial charge in [0.15, 0.2) is 5.84 Å². The Labute approximate surface area is 230 Å². The number of methoxy groups -OCH3 is 1. The van der Waals surface area contributed by atoms with E-state index in [9.17, 15) is 4.79 Å². The third-order valence-corrected chi connectivity index (χ3v) is 6.63. The van der Waals surface area contributed by atoms with Gasteiger partial charge in [0.25, 0.3) is 5.96 Å². The van der Waals surface area contributed by atoms with Crippen molar-refractivity contribution in [2.45, 2.75) is 19.8 Å². The number of hydrazone groups is 1. The monoisotopic (exact) mass is 534 g/mol. The summed E-state index contributed by atoms with van der Waals surface area (Å²) in [5.41, 5.74) is 2.31. The molecule has 1 aromatic carbocycles. The highest BCUT2D eigenvalue weighted by atomic mass is 16.5. The second-order valence-corrected chi connectivity index (χ2v) is 9.62. The quantitative estimate of drug-likeness (QED) is 0.456. The minimum Gasteiger partial charge on any atom is -0.479 e. The van der Waals surface area contributed by atoms with E-state index in [4.69, 9.17) is 29.7 Å². The first-order chi connectivity index (χ1) is 18.9. The van der Waals surface area contributed by atoms with Gasteiger partial charge >= 0.3 is 0 Å². The molecule has 1 atom stereocenters. The van der Waals surface area contributed by atoms with Gasteiger partial charge in [-0.05, 0) is 39.5 Å². The molecule has 0 spiro atoms. The Morgan fingerprint density at radius 2 is 1.92 bits per heavy atom. The zero-order valence-corrected chi connectivity index (χ0v) is 23.3. The summed E-state index contributed by atoms with van der Waals surface area (Å²) < 4.78 is 12.8. The van der Waals surface area contributed by atoms with Gasteiger partial charge in [-0.1, -0.05) is 36.9 Å². The van der Waals surface area contributed by atoms with E-state index < -0.39 is 0 Å². The Morgan fingerprint density at radius 1 is 1.18 bits per heavy atom. The lowest BCUT2D eigenvalue weighted by Gasteiger charge is -2.32. The topological polar surface area (TPSA) is 100 Å². The lowest BCUT2D eigenvalue weighted by Crippen LogP contribution is -2.44. The number of aldehydes is 1. The molecule has 11 nitrogen and oxygen atoms in total. The molecule has 39 heavy (non-hydrogen) atoms. The van der Waals surface area contributed by atoms with Crippen molar-refractivity contribution in [2.24, 2.45) is 21.0 Å². The summed E-state index contributed by atoms with van der Waals surface area (Å²) in [6, 6.07) is 9.93. The van der Waals surface area contributed by atoms with Gasteiger partial charge in [-0.15, -0.1) is 10.2 Å². The van der Waals surface area contributed by atoms with Crippen LogP contribution < -0.4 is 4.74 Å². The van der Waals surface area contributed by atoms with Crippen LogP contribution >= 0.6 is 0 Å². The molecular weight excluding hydrogens is 496 g/mol. The van der Waals surface area contributed by atoms with Crippen LogP contribution in [0, 0.1) is 5.92 Å². The maximum atomic E-state index is 11.7. The van der Waals surface area contributed by atoms with Gasteiger partial charge in [0.2, 0.25) is 5.88 Å². The lowest BCUT2D eigenvalue weighted by atomic mass is 9.99. The van der Waals surface area contributed by atoms with Crippen LogP contribution in [0.25, 0.3) is 11.1 Å². The van der Waals surface area contributed by atoms with Crippen molar-refractivity contribution in [1.29, 1.82) is 0 Å². The number of carbonyl (C=O) groups is 1. The van der Waals surface area contributed by atoms with E-state index in [1.807, 2.05) is 57.5 Å². The number of benzene rings is 1. The van der Waals surface area contributed by atoms with Gasteiger partial charge in [0.05, 0.1) is 25.9 Å². The predicted molar refractivity (Wildman–Crippen MR) is 153 cm³/mol. The maximum Gasteiger partial charge on any atom is 0.270 e. The Hall–Kier alpha value is -3.83. The molecule has 1 fully saturated rings. The van der Waals surface area contributed by atoms with E-state index in [2.05, 4.69) is 16.4 Å². The Bertz CT molecular complexity index is 1230. The number of aromatic nitrogens is 2. The highest BCUT2D eigenvalue weighted by Gasteiger charge is 2.28. The van der Waals surface area contributed by atoms with Crippen LogP contribution in [0.3, 0.4) is 0 Å². The first-order valence-corrected chi connectivity index (χ1v) is 13.3. The second-order valence-electron chi connectivity index (χ2n) is 9.62. The van der Waals surface area contributed by atoms with E-state index in [-0.39, 0.29) is 5.92 Å². The van der Waals surface area contributed by atoms with Crippen LogP contribution in [0.15, 0.2) is 63.9 Å². The van der Waals surface area contributed by atoms with Crippen molar-refractivity contribution >= 4 is 23.9 Å². The summed E-state index contributed by atoms with van der Waals surface area (Å²) in [4.78, 5) is 25.8. The van der Waals surface area contributed by atoms with E-state index in [1.165, 1.54) is 0 Å². The normalized spacial score (nSPS) is 21.3. The van der Waals surface area contributed by atoms with Crippen molar-refractivity contribution in [3.8, 4) is 17.0 Å².